The highest BCUT2D eigenvalue weighted by Crippen LogP contribution is 2.57. The van der Waals surface area contributed by atoms with Crippen molar-refractivity contribution in [2.24, 2.45) is 11.8 Å². The third-order valence-electron chi connectivity index (χ3n) is 6.44. The predicted octanol–water partition coefficient (Wildman–Crippen LogP) is 3.27. The highest BCUT2D eigenvalue weighted by Gasteiger charge is 2.57. The Labute approximate surface area is 150 Å². The molecule has 4 nitrogen and oxygen atoms in total. The number of nitrogens with one attached hydrogen (secondary N) is 1. The highest BCUT2D eigenvalue weighted by molar-refractivity contribution is 5.81. The first kappa shape index (κ1) is 16.9. The maximum absolute atomic E-state index is 12.8. The first-order chi connectivity index (χ1) is 11.8. The van der Waals surface area contributed by atoms with Crippen molar-refractivity contribution in [2.75, 3.05) is 0 Å². The zero-order valence-corrected chi connectivity index (χ0v) is 15.5. The molecule has 4 saturated carbocycles. The summed E-state index contributed by atoms with van der Waals surface area (Å²) in [6, 6.07) is 6.04. The number of benzene rings is 1. The van der Waals surface area contributed by atoms with Crippen LogP contribution >= 0.6 is 0 Å². The minimum absolute atomic E-state index is 0.0635. The molecular weight excluding hydrogens is 314 g/mol. The smallest absolute Gasteiger partial charge is 0.261 e. The van der Waals surface area contributed by atoms with E-state index in [2.05, 4.69) is 5.32 Å². The average Bonchev–Trinajstić information content (AvgIpc) is 2.47. The van der Waals surface area contributed by atoms with Crippen molar-refractivity contribution in [2.45, 2.75) is 76.5 Å². The van der Waals surface area contributed by atoms with Gasteiger partial charge >= 0.3 is 0 Å². The Bertz CT molecular complexity index is 684. The van der Waals surface area contributed by atoms with Crippen molar-refractivity contribution < 1.29 is 14.6 Å². The second kappa shape index (κ2) is 5.73. The molecule has 4 aliphatic carbocycles. The van der Waals surface area contributed by atoms with Crippen LogP contribution in [0, 0.1) is 25.7 Å². The molecule has 0 saturated heterocycles. The van der Waals surface area contributed by atoms with Crippen LogP contribution in [0.3, 0.4) is 0 Å². The third kappa shape index (κ3) is 3.17. The summed E-state index contributed by atoms with van der Waals surface area (Å²) in [6.45, 7) is 5.83. The molecule has 0 radical (unpaired) electrons. The SMILES string of the molecule is Cc1ccc(C)c(O[C@@H](C)C(=O)NC23C[C@@H]4C[C@@H](CC(O)(C4)C2)C3)c1. The van der Waals surface area contributed by atoms with Crippen molar-refractivity contribution in [1.82, 2.24) is 5.32 Å². The molecule has 2 unspecified atom stereocenters. The lowest BCUT2D eigenvalue weighted by Gasteiger charge is -2.60. The van der Waals surface area contributed by atoms with Crippen molar-refractivity contribution in [3.63, 3.8) is 0 Å². The van der Waals surface area contributed by atoms with Crippen LogP contribution in [0.1, 0.15) is 56.6 Å². The number of carbonyl (C=O) groups is 1. The van der Waals surface area contributed by atoms with Gasteiger partial charge in [0.1, 0.15) is 5.75 Å². The zero-order valence-electron chi connectivity index (χ0n) is 15.5. The molecule has 25 heavy (non-hydrogen) atoms. The van der Waals surface area contributed by atoms with E-state index in [1.54, 1.807) is 0 Å². The number of rotatable bonds is 4. The lowest BCUT2D eigenvalue weighted by atomic mass is 9.51. The molecule has 5 atom stereocenters. The molecule has 1 aromatic rings. The number of aryl methyl sites for hydroxylation is 2. The molecule has 4 fully saturated rings. The van der Waals surface area contributed by atoms with Crippen LogP contribution < -0.4 is 10.1 Å². The molecule has 1 amide bonds. The quantitative estimate of drug-likeness (QED) is 0.882. The van der Waals surface area contributed by atoms with Crippen molar-refractivity contribution >= 4 is 5.91 Å². The second-order valence-electron chi connectivity index (χ2n) is 8.98. The van der Waals surface area contributed by atoms with Gasteiger partial charge in [-0.2, -0.15) is 0 Å². The van der Waals surface area contributed by atoms with Crippen LogP contribution in [0.4, 0.5) is 0 Å². The summed E-state index contributed by atoms with van der Waals surface area (Å²) in [5.74, 6) is 1.82. The Morgan fingerprint density at radius 2 is 1.92 bits per heavy atom. The fraction of sp³-hybridized carbons (Fsp3) is 0.667. The van der Waals surface area contributed by atoms with E-state index in [0.29, 0.717) is 18.3 Å². The molecule has 0 aromatic heterocycles. The Kier molecular flexibility index (Phi) is 3.87. The fourth-order valence-electron chi connectivity index (χ4n) is 5.80. The van der Waals surface area contributed by atoms with E-state index in [1.807, 2.05) is 39.0 Å². The molecule has 1 aromatic carbocycles. The van der Waals surface area contributed by atoms with E-state index in [9.17, 15) is 9.90 Å². The molecule has 4 heteroatoms. The first-order valence-corrected chi connectivity index (χ1v) is 9.54. The summed E-state index contributed by atoms with van der Waals surface area (Å²) in [6.07, 6.45) is 5.22. The van der Waals surface area contributed by atoms with Gasteiger partial charge in [-0.3, -0.25) is 4.79 Å². The molecule has 0 spiro atoms. The molecule has 2 N–H and O–H groups in total. The van der Waals surface area contributed by atoms with Gasteiger partial charge in [-0.15, -0.1) is 0 Å². The van der Waals surface area contributed by atoms with Gasteiger partial charge in [-0.05, 0) is 88.3 Å². The third-order valence-corrected chi connectivity index (χ3v) is 6.44. The van der Waals surface area contributed by atoms with E-state index in [0.717, 1.165) is 42.6 Å². The van der Waals surface area contributed by atoms with Crippen molar-refractivity contribution in [3.05, 3.63) is 29.3 Å². The number of amides is 1. The molecule has 5 rings (SSSR count). The molecule has 136 valence electrons. The average molecular weight is 343 g/mol. The monoisotopic (exact) mass is 343 g/mol. The maximum atomic E-state index is 12.8. The van der Waals surface area contributed by atoms with Gasteiger partial charge in [0.15, 0.2) is 6.10 Å². The molecule has 0 heterocycles. The predicted molar refractivity (Wildman–Crippen MR) is 96.5 cm³/mol. The fourth-order valence-corrected chi connectivity index (χ4v) is 5.80. The zero-order chi connectivity index (χ0) is 17.8. The number of hydrogen-bond donors (Lipinski definition) is 2. The Morgan fingerprint density at radius 1 is 1.24 bits per heavy atom. The van der Waals surface area contributed by atoms with E-state index < -0.39 is 11.7 Å². The van der Waals surface area contributed by atoms with E-state index in [-0.39, 0.29) is 11.4 Å². The van der Waals surface area contributed by atoms with Gasteiger partial charge in [-0.25, -0.2) is 0 Å². The summed E-state index contributed by atoms with van der Waals surface area (Å²) < 4.78 is 5.95. The lowest BCUT2D eigenvalue weighted by molar-refractivity contribution is -0.153. The maximum Gasteiger partial charge on any atom is 0.261 e. The van der Waals surface area contributed by atoms with Gasteiger partial charge < -0.3 is 15.2 Å². The van der Waals surface area contributed by atoms with Crippen molar-refractivity contribution in [1.29, 1.82) is 0 Å². The first-order valence-electron chi connectivity index (χ1n) is 9.54. The number of ether oxygens (including phenoxy) is 1. The minimum Gasteiger partial charge on any atom is -0.481 e. The Morgan fingerprint density at radius 3 is 2.56 bits per heavy atom. The van der Waals surface area contributed by atoms with Crippen molar-refractivity contribution in [3.8, 4) is 5.75 Å². The Hall–Kier alpha value is -1.55. The van der Waals surface area contributed by atoms with Gasteiger partial charge in [0.2, 0.25) is 0 Å². The van der Waals surface area contributed by atoms with Gasteiger partial charge in [0.25, 0.3) is 5.91 Å². The summed E-state index contributed by atoms with van der Waals surface area (Å²) in [5, 5.41) is 14.1. The van der Waals surface area contributed by atoms with Crippen LogP contribution in [0.25, 0.3) is 0 Å². The van der Waals surface area contributed by atoms with Gasteiger partial charge in [-0.1, -0.05) is 12.1 Å². The standard InChI is InChI=1S/C21H29NO3/c1-13-4-5-14(2)18(6-13)25-15(3)19(23)22-20-8-16-7-17(9-20)11-21(24,10-16)12-20/h4-6,15-17,24H,7-12H2,1-3H3,(H,22,23)/t15-,16-,17+,20?,21?/m0/s1. The topological polar surface area (TPSA) is 58.6 Å². The van der Waals surface area contributed by atoms with Gasteiger partial charge in [0.05, 0.1) is 5.60 Å². The lowest BCUT2D eigenvalue weighted by Crippen LogP contribution is -2.66. The van der Waals surface area contributed by atoms with Crippen LogP contribution in [0.15, 0.2) is 18.2 Å². The number of hydrogen-bond acceptors (Lipinski definition) is 3. The van der Waals surface area contributed by atoms with E-state index in [4.69, 9.17) is 4.74 Å². The Balaban J connectivity index is 1.46. The number of aliphatic hydroxyl groups is 1. The summed E-state index contributed by atoms with van der Waals surface area (Å²) in [4.78, 5) is 12.8. The normalized spacial score (nSPS) is 37.0. The van der Waals surface area contributed by atoms with E-state index in [1.165, 1.54) is 6.42 Å². The molecule has 0 aliphatic heterocycles. The summed E-state index contributed by atoms with van der Waals surface area (Å²) >= 11 is 0. The summed E-state index contributed by atoms with van der Waals surface area (Å²) in [7, 11) is 0. The summed E-state index contributed by atoms with van der Waals surface area (Å²) in [5.41, 5.74) is 1.37. The number of carbonyl (C=O) groups excluding carboxylic acids is 1. The van der Waals surface area contributed by atoms with Crippen LogP contribution in [0.2, 0.25) is 0 Å². The van der Waals surface area contributed by atoms with Crippen LogP contribution in [0.5, 0.6) is 5.75 Å². The van der Waals surface area contributed by atoms with Crippen LogP contribution in [-0.4, -0.2) is 28.3 Å². The molecular formula is C21H29NO3. The van der Waals surface area contributed by atoms with Gasteiger partial charge in [0, 0.05) is 5.54 Å². The molecule has 4 bridgehead atoms. The van der Waals surface area contributed by atoms with Crippen LogP contribution in [-0.2, 0) is 4.79 Å². The highest BCUT2D eigenvalue weighted by atomic mass is 16.5. The molecule has 4 aliphatic rings. The van der Waals surface area contributed by atoms with E-state index >= 15 is 0 Å². The largest absolute Gasteiger partial charge is 0.481 e. The minimum atomic E-state index is -0.561. The second-order valence-corrected chi connectivity index (χ2v) is 8.98.